The van der Waals surface area contributed by atoms with Gasteiger partial charge in [0.25, 0.3) is 0 Å². The number of fused-ring (bicyclic) bond motifs is 1. The van der Waals surface area contributed by atoms with Gasteiger partial charge in [-0.2, -0.15) is 5.26 Å². The fraction of sp³-hybridized carbons (Fsp3) is 0.389. The Morgan fingerprint density at radius 2 is 1.95 bits per heavy atom. The molecule has 0 saturated carbocycles. The summed E-state index contributed by atoms with van der Waals surface area (Å²) < 4.78 is 0. The predicted octanol–water partition coefficient (Wildman–Crippen LogP) is 4.28. The molecule has 1 aliphatic heterocycles. The molecule has 20 heavy (non-hydrogen) atoms. The fourth-order valence-electron chi connectivity index (χ4n) is 3.37. The Hall–Kier alpha value is -1.85. The third-order valence-corrected chi connectivity index (χ3v) is 4.66. The second-order valence-corrected chi connectivity index (χ2v) is 5.97. The number of hydrogen-bond donors (Lipinski definition) is 0. The Kier molecular flexibility index (Phi) is 3.23. The van der Waals surface area contributed by atoms with E-state index in [1.807, 2.05) is 0 Å². The van der Waals surface area contributed by atoms with E-state index in [0.717, 1.165) is 19.4 Å². The smallest absolute Gasteiger partial charge is 0.106 e. The molecule has 0 aromatic heterocycles. The number of nitrogens with zero attached hydrogens (tertiary/aromatic N) is 2. The van der Waals surface area contributed by atoms with Crippen LogP contribution in [0, 0.1) is 11.3 Å². The lowest BCUT2D eigenvalue weighted by molar-refractivity contribution is 0.154. The van der Waals surface area contributed by atoms with Crippen LogP contribution >= 0.6 is 0 Å². The van der Waals surface area contributed by atoms with Crippen LogP contribution in [0.15, 0.2) is 42.5 Å². The van der Waals surface area contributed by atoms with Gasteiger partial charge in [-0.3, -0.25) is 4.90 Å². The highest BCUT2D eigenvalue weighted by molar-refractivity contribution is 5.83. The summed E-state index contributed by atoms with van der Waals surface area (Å²) in [5.74, 6) is 0. The van der Waals surface area contributed by atoms with Gasteiger partial charge in [-0.25, -0.2) is 0 Å². The molecule has 2 unspecified atom stereocenters. The van der Waals surface area contributed by atoms with E-state index < -0.39 is 0 Å². The van der Waals surface area contributed by atoms with Crippen LogP contribution in [0.5, 0.6) is 0 Å². The summed E-state index contributed by atoms with van der Waals surface area (Å²) in [4.78, 5) is 2.34. The zero-order valence-electron chi connectivity index (χ0n) is 12.1. The molecular formula is C18H20N2. The van der Waals surface area contributed by atoms with E-state index in [2.05, 4.69) is 67.3 Å². The average molecular weight is 264 g/mol. The Bertz CT molecular complexity index is 670. The normalized spacial score (nSPS) is 24.6. The van der Waals surface area contributed by atoms with E-state index in [1.165, 1.54) is 16.3 Å². The van der Waals surface area contributed by atoms with Gasteiger partial charge < -0.3 is 0 Å². The van der Waals surface area contributed by atoms with E-state index in [4.69, 9.17) is 0 Å². The molecule has 1 aliphatic rings. The monoisotopic (exact) mass is 264 g/mol. The molecule has 0 aliphatic carbocycles. The first kappa shape index (κ1) is 13.1. The van der Waals surface area contributed by atoms with E-state index in [9.17, 15) is 5.26 Å². The molecule has 2 heteroatoms. The number of rotatable bonds is 2. The molecule has 1 saturated heterocycles. The van der Waals surface area contributed by atoms with Crippen molar-refractivity contribution in [3.8, 4) is 6.07 Å². The molecule has 0 amide bonds. The molecular weight excluding hydrogens is 244 g/mol. The van der Waals surface area contributed by atoms with Gasteiger partial charge in [0.1, 0.15) is 5.54 Å². The van der Waals surface area contributed by atoms with Crippen molar-refractivity contribution in [1.82, 2.24) is 4.90 Å². The lowest BCUT2D eigenvalue weighted by atomic mass is 9.96. The van der Waals surface area contributed by atoms with Crippen LogP contribution in [0.1, 0.15) is 38.3 Å². The Labute approximate surface area is 120 Å². The van der Waals surface area contributed by atoms with Crippen LogP contribution < -0.4 is 0 Å². The molecule has 3 rings (SSSR count). The van der Waals surface area contributed by atoms with Crippen LogP contribution in [0.4, 0.5) is 0 Å². The molecule has 102 valence electrons. The highest BCUT2D eigenvalue weighted by atomic mass is 15.2. The quantitative estimate of drug-likeness (QED) is 0.809. The largest absolute Gasteiger partial charge is 0.279 e. The standard InChI is InChI=1S/C18H20N2/c1-14(20-11-5-10-18(20,2)13-19)16-9-8-15-6-3-4-7-17(15)12-16/h3-4,6-9,12,14H,5,10-11H2,1-2H3. The van der Waals surface area contributed by atoms with E-state index in [-0.39, 0.29) is 11.6 Å². The number of nitriles is 1. The van der Waals surface area contributed by atoms with Crippen LogP contribution in [-0.4, -0.2) is 17.0 Å². The van der Waals surface area contributed by atoms with Gasteiger partial charge >= 0.3 is 0 Å². The van der Waals surface area contributed by atoms with Crippen molar-refractivity contribution >= 4 is 10.8 Å². The van der Waals surface area contributed by atoms with Gasteiger partial charge in [0.15, 0.2) is 0 Å². The van der Waals surface area contributed by atoms with Gasteiger partial charge in [-0.15, -0.1) is 0 Å². The zero-order chi connectivity index (χ0) is 14.2. The minimum absolute atomic E-state index is 0.284. The van der Waals surface area contributed by atoms with Gasteiger partial charge in [-0.1, -0.05) is 36.4 Å². The van der Waals surface area contributed by atoms with E-state index in [1.54, 1.807) is 0 Å². The lowest BCUT2D eigenvalue weighted by Crippen LogP contribution is -2.41. The maximum atomic E-state index is 9.47. The summed E-state index contributed by atoms with van der Waals surface area (Å²) in [5, 5.41) is 12.0. The molecule has 2 atom stereocenters. The van der Waals surface area contributed by atoms with E-state index in [0.29, 0.717) is 0 Å². The Morgan fingerprint density at radius 1 is 1.20 bits per heavy atom. The Balaban J connectivity index is 1.96. The number of benzene rings is 2. The van der Waals surface area contributed by atoms with Crippen molar-refractivity contribution in [2.75, 3.05) is 6.54 Å². The number of hydrogen-bond acceptors (Lipinski definition) is 2. The zero-order valence-corrected chi connectivity index (χ0v) is 12.1. The van der Waals surface area contributed by atoms with E-state index >= 15 is 0 Å². The fourth-order valence-corrected chi connectivity index (χ4v) is 3.37. The second-order valence-electron chi connectivity index (χ2n) is 5.97. The first-order valence-corrected chi connectivity index (χ1v) is 7.31. The molecule has 0 N–H and O–H groups in total. The van der Waals surface area contributed by atoms with Crippen LogP contribution in [0.2, 0.25) is 0 Å². The first-order valence-electron chi connectivity index (χ1n) is 7.31. The van der Waals surface area contributed by atoms with Crippen LogP contribution in [-0.2, 0) is 0 Å². The summed E-state index contributed by atoms with van der Waals surface area (Å²) in [5.41, 5.74) is 0.984. The highest BCUT2D eigenvalue weighted by Crippen LogP contribution is 2.36. The van der Waals surface area contributed by atoms with Crippen molar-refractivity contribution in [1.29, 1.82) is 5.26 Å². The van der Waals surface area contributed by atoms with Crippen LogP contribution in [0.25, 0.3) is 10.8 Å². The minimum atomic E-state index is -0.314. The molecule has 2 nitrogen and oxygen atoms in total. The number of likely N-dealkylation sites (tertiary alicyclic amines) is 1. The molecule has 1 heterocycles. The summed E-state index contributed by atoms with van der Waals surface area (Å²) in [6.45, 7) is 5.29. The topological polar surface area (TPSA) is 27.0 Å². The third-order valence-electron chi connectivity index (χ3n) is 4.66. The summed E-state index contributed by atoms with van der Waals surface area (Å²) in [6.07, 6.45) is 2.09. The van der Waals surface area contributed by atoms with Crippen molar-refractivity contribution < 1.29 is 0 Å². The maximum absolute atomic E-state index is 9.47. The molecule has 0 bridgehead atoms. The summed E-state index contributed by atoms with van der Waals surface area (Å²) >= 11 is 0. The molecule has 2 aromatic rings. The molecule has 0 spiro atoms. The van der Waals surface area contributed by atoms with Gasteiger partial charge in [0.05, 0.1) is 6.07 Å². The van der Waals surface area contributed by atoms with Gasteiger partial charge in [0.2, 0.25) is 0 Å². The maximum Gasteiger partial charge on any atom is 0.106 e. The van der Waals surface area contributed by atoms with Crippen molar-refractivity contribution in [3.63, 3.8) is 0 Å². The first-order chi connectivity index (χ1) is 9.64. The van der Waals surface area contributed by atoms with Gasteiger partial charge in [-0.05, 0) is 49.1 Å². The van der Waals surface area contributed by atoms with Crippen molar-refractivity contribution in [2.45, 2.75) is 38.3 Å². The lowest BCUT2D eigenvalue weighted by Gasteiger charge is -2.34. The molecule has 2 aromatic carbocycles. The molecule has 0 radical (unpaired) electrons. The molecule has 1 fully saturated rings. The van der Waals surface area contributed by atoms with Crippen molar-refractivity contribution in [3.05, 3.63) is 48.0 Å². The predicted molar refractivity (Wildman–Crippen MR) is 82.3 cm³/mol. The SMILES string of the molecule is CC(c1ccc2ccccc2c1)N1CCCC1(C)C#N. The Morgan fingerprint density at radius 3 is 2.70 bits per heavy atom. The highest BCUT2D eigenvalue weighted by Gasteiger charge is 2.39. The second kappa shape index (κ2) is 4.92. The summed E-state index contributed by atoms with van der Waals surface area (Å²) in [7, 11) is 0. The van der Waals surface area contributed by atoms with Crippen molar-refractivity contribution in [2.24, 2.45) is 0 Å². The minimum Gasteiger partial charge on any atom is -0.279 e. The van der Waals surface area contributed by atoms with Gasteiger partial charge in [0, 0.05) is 12.6 Å². The average Bonchev–Trinajstić information content (AvgIpc) is 2.88. The van der Waals surface area contributed by atoms with Crippen LogP contribution in [0.3, 0.4) is 0 Å². The summed E-state index contributed by atoms with van der Waals surface area (Å²) in [6, 6.07) is 17.9. The third kappa shape index (κ3) is 2.09.